The molecule has 0 unspecified atom stereocenters. The van der Waals surface area contributed by atoms with Crippen molar-refractivity contribution >= 4 is 8.96 Å². The Morgan fingerprint density at radius 1 is 0.800 bits per heavy atom. The maximum atomic E-state index is 4.55. The van der Waals surface area contributed by atoms with Crippen LogP contribution in [0, 0.1) is 6.07 Å². The van der Waals surface area contributed by atoms with Gasteiger partial charge in [0.05, 0.1) is 0 Å². The average Bonchev–Trinajstić information content (AvgIpc) is 2.88. The van der Waals surface area contributed by atoms with Crippen LogP contribution < -0.4 is 0 Å². The molecule has 0 saturated heterocycles. The molecule has 0 aromatic heterocycles. The van der Waals surface area contributed by atoms with Gasteiger partial charge in [-0.25, -0.2) is 0 Å². The fraction of sp³-hybridized carbons (Fsp3) is 0.556. The second-order valence-electron chi connectivity index (χ2n) is 11.7. The van der Waals surface area contributed by atoms with E-state index < -0.39 is 8.96 Å². The van der Waals surface area contributed by atoms with Crippen molar-refractivity contribution in [3.63, 3.8) is 0 Å². The second-order valence-corrected chi connectivity index (χ2v) is 14.2. The van der Waals surface area contributed by atoms with Crippen LogP contribution in [0.2, 0.25) is 13.1 Å². The van der Waals surface area contributed by atoms with Gasteiger partial charge in [-0.05, 0) is 17.4 Å². The molecule has 2 aromatic rings. The number of fused-ring (bicyclic) bond motifs is 3. The van der Waals surface area contributed by atoms with E-state index in [0.717, 1.165) is 6.42 Å². The summed E-state index contributed by atoms with van der Waals surface area (Å²) >= 11 is 0. The molecule has 0 aliphatic heterocycles. The van der Waals surface area contributed by atoms with Gasteiger partial charge in [-0.15, -0.1) is 11.1 Å². The molecule has 3 heteroatoms. The minimum Gasteiger partial charge on any atom is -0.663 e. The predicted molar refractivity (Wildman–Crippen MR) is 133 cm³/mol. The van der Waals surface area contributed by atoms with Crippen LogP contribution in [-0.2, 0) is 39.0 Å². The van der Waals surface area contributed by atoms with E-state index in [-0.39, 0.29) is 38.1 Å². The topological polar surface area (TPSA) is 14.1 Å². The third-order valence-corrected chi connectivity index (χ3v) is 6.46. The van der Waals surface area contributed by atoms with E-state index in [0.29, 0.717) is 0 Å². The fourth-order valence-electron chi connectivity index (χ4n) is 3.76. The number of hydrogen-bond acceptors (Lipinski definition) is 0. The van der Waals surface area contributed by atoms with Gasteiger partial charge in [-0.2, -0.15) is 29.3 Å². The first-order valence-electron chi connectivity index (χ1n) is 11.0. The monoisotopic (exact) mass is 455 g/mol. The zero-order valence-electron chi connectivity index (χ0n) is 21.1. The maximum absolute atomic E-state index is 4.55. The van der Waals surface area contributed by atoms with E-state index in [9.17, 15) is 0 Å². The first kappa shape index (κ1) is 27.4. The quantitative estimate of drug-likeness (QED) is 0.263. The van der Waals surface area contributed by atoms with E-state index in [2.05, 4.69) is 117 Å². The summed E-state index contributed by atoms with van der Waals surface area (Å²) in [5.74, 6) is 0. The molecule has 1 aliphatic rings. The molecule has 30 heavy (non-hydrogen) atoms. The summed E-state index contributed by atoms with van der Waals surface area (Å²) in [6.07, 6.45) is 1.03. The largest absolute Gasteiger partial charge is 2.00 e. The molecule has 2 aromatic carbocycles. The van der Waals surface area contributed by atoms with Gasteiger partial charge in [0.25, 0.3) is 0 Å². The van der Waals surface area contributed by atoms with Crippen LogP contribution in [0.5, 0.6) is 0 Å². The Morgan fingerprint density at radius 2 is 1.33 bits per heavy atom. The molecule has 0 radical (unpaired) electrons. The summed E-state index contributed by atoms with van der Waals surface area (Å²) in [6.45, 7) is 24.6. The van der Waals surface area contributed by atoms with Crippen molar-refractivity contribution in [2.24, 2.45) is 0 Å². The van der Waals surface area contributed by atoms with Crippen LogP contribution in [-0.4, -0.2) is 14.5 Å². The van der Waals surface area contributed by atoms with Crippen LogP contribution in [0.4, 0.5) is 0 Å². The van der Waals surface area contributed by atoms with E-state index in [1.165, 1.54) is 33.4 Å². The van der Waals surface area contributed by atoms with Gasteiger partial charge >= 0.3 is 21.7 Å². The van der Waals surface area contributed by atoms with Crippen molar-refractivity contribution in [1.82, 2.24) is 0 Å². The van der Waals surface area contributed by atoms with Crippen molar-refractivity contribution in [2.75, 3.05) is 0 Å². The number of nitrogens with zero attached hydrogens (tertiary/aromatic N) is 1. The molecule has 0 amide bonds. The van der Waals surface area contributed by atoms with Crippen molar-refractivity contribution in [2.45, 2.75) is 98.2 Å². The molecule has 0 fully saturated rings. The molecule has 1 nitrogen and oxygen atoms in total. The molecule has 0 bridgehead atoms. The summed E-state index contributed by atoms with van der Waals surface area (Å²) in [4.78, 5) is 4.55. The van der Waals surface area contributed by atoms with E-state index >= 15 is 0 Å². The number of hydrogen-bond donors (Lipinski definition) is 0. The van der Waals surface area contributed by atoms with Gasteiger partial charge < -0.3 is 4.98 Å². The second kappa shape index (κ2) is 9.86. The molecule has 1 aliphatic carbocycles. The summed E-state index contributed by atoms with van der Waals surface area (Å²) in [7, 11) is -0.671. The Bertz CT molecular complexity index is 787. The molecular weight excluding hydrogens is 414 g/mol. The molecule has 0 heterocycles. The minimum absolute atomic E-state index is 0. The normalized spacial score (nSPS) is 13.2. The zero-order valence-corrected chi connectivity index (χ0v) is 23.8. The Hall–Kier alpha value is -0.669. The maximum Gasteiger partial charge on any atom is 2.00 e. The third-order valence-electron chi connectivity index (χ3n) is 5.17. The summed E-state index contributed by atoms with van der Waals surface area (Å²) < 4.78 is 0. The van der Waals surface area contributed by atoms with Crippen LogP contribution in [0.25, 0.3) is 16.1 Å². The van der Waals surface area contributed by atoms with E-state index in [4.69, 9.17) is 0 Å². The fourth-order valence-corrected chi connectivity index (χ4v) is 5.31. The Kier molecular flexibility index (Phi) is 8.99. The van der Waals surface area contributed by atoms with Crippen LogP contribution in [0.15, 0.2) is 30.3 Å². The van der Waals surface area contributed by atoms with Crippen molar-refractivity contribution in [3.8, 4) is 11.1 Å². The van der Waals surface area contributed by atoms with Gasteiger partial charge in [0.15, 0.2) is 0 Å². The van der Waals surface area contributed by atoms with Gasteiger partial charge in [0.1, 0.15) is 0 Å². The van der Waals surface area contributed by atoms with Gasteiger partial charge in [-0.3, -0.25) is 0 Å². The Morgan fingerprint density at radius 3 is 1.77 bits per heavy atom. The smallest absolute Gasteiger partial charge is 0.663 e. The minimum atomic E-state index is -0.671. The molecule has 3 rings (SSSR count). The predicted octanol–water partition coefficient (Wildman–Crippen LogP) is 7.79. The van der Waals surface area contributed by atoms with Gasteiger partial charge in [0, 0.05) is 0 Å². The summed E-state index contributed by atoms with van der Waals surface area (Å²) in [6, 6.07) is 15.1. The third kappa shape index (κ3) is 7.48. The Balaban J connectivity index is 0.000000431. The van der Waals surface area contributed by atoms with Gasteiger partial charge in [0.2, 0.25) is 0 Å². The molecule has 0 N–H and O–H groups in total. The summed E-state index contributed by atoms with van der Waals surface area (Å²) in [5, 5.41) is 0. The van der Waals surface area contributed by atoms with Crippen molar-refractivity contribution in [3.05, 3.63) is 63.6 Å². The molecule has 0 atom stereocenters. The first-order valence-corrected chi connectivity index (χ1v) is 13.8. The van der Waals surface area contributed by atoms with E-state index in [1.807, 2.05) is 0 Å². The molecular formula is C27H41NSiTi. The van der Waals surface area contributed by atoms with Crippen molar-refractivity contribution in [1.29, 1.82) is 0 Å². The average molecular weight is 456 g/mol. The van der Waals surface area contributed by atoms with Crippen LogP contribution in [0.1, 0.15) is 84.6 Å². The van der Waals surface area contributed by atoms with E-state index in [1.54, 1.807) is 0 Å². The van der Waals surface area contributed by atoms with Crippen molar-refractivity contribution < 1.29 is 21.7 Å². The standard InChI is InChI=1S/C21H25.C6H16NSi.Ti/c1-20(2,3)16-9-7-14-11-15-8-10-17(21(4,5)6)13-19(15)18(14)12-16;1-6(2,3)7-8(4)5;/h7,9-10,12-13H,11H2,1-6H3;8H,1-5H3;/q2*-1;+2. The van der Waals surface area contributed by atoms with Gasteiger partial charge in [-0.1, -0.05) is 119 Å². The zero-order chi connectivity index (χ0) is 22.2. The van der Waals surface area contributed by atoms with Crippen LogP contribution >= 0.6 is 0 Å². The summed E-state index contributed by atoms with van der Waals surface area (Å²) in [5.41, 5.74) is 8.97. The number of benzene rings is 2. The number of rotatable bonds is 1. The molecule has 162 valence electrons. The Labute approximate surface area is 203 Å². The molecule has 0 spiro atoms. The SMILES string of the molecule is CC(C)(C)c1c[c-]c2c(c1)-c1cc(C(C)(C)C)ccc1C2.C[SiH](C)[N-]C(C)(C)C.[Ti+2]. The van der Waals surface area contributed by atoms with Crippen LogP contribution in [0.3, 0.4) is 0 Å². The molecule has 0 saturated carbocycles. The first-order chi connectivity index (χ1) is 13.1.